The van der Waals surface area contributed by atoms with E-state index in [0.717, 1.165) is 45.4 Å². The summed E-state index contributed by atoms with van der Waals surface area (Å²) in [4.78, 5) is 37.0. The second-order valence-electron chi connectivity index (χ2n) is 9.99. The number of primary amides is 1. The predicted molar refractivity (Wildman–Crippen MR) is 160 cm³/mol. The van der Waals surface area contributed by atoms with Gasteiger partial charge in [0.05, 0.1) is 29.4 Å². The normalized spacial score (nSPS) is 11.7. The number of benzene rings is 2. The second-order valence-corrected chi connectivity index (χ2v) is 11.1. The number of amides is 2. The Hall–Kier alpha value is -4.81. The number of anilines is 1. The zero-order valence-corrected chi connectivity index (χ0v) is 23.6. The van der Waals surface area contributed by atoms with Crippen molar-refractivity contribution in [1.29, 1.82) is 5.26 Å². The second kappa shape index (κ2) is 12.6. The largest absolute Gasteiger partial charge is 0.365 e. The molecule has 0 radical (unpaired) electrons. The van der Waals surface area contributed by atoms with Crippen molar-refractivity contribution >= 4 is 38.9 Å². The summed E-state index contributed by atoms with van der Waals surface area (Å²) in [5.74, 6) is -0.712. The molecule has 0 fully saturated rings. The number of imidazole rings is 1. The van der Waals surface area contributed by atoms with Crippen LogP contribution in [0.2, 0.25) is 0 Å². The summed E-state index contributed by atoms with van der Waals surface area (Å²) in [6, 6.07) is 21.1. The molecule has 0 spiro atoms. The molecule has 0 aliphatic carbocycles. The van der Waals surface area contributed by atoms with Crippen LogP contribution >= 0.6 is 11.3 Å². The molecule has 0 bridgehead atoms. The number of fused-ring (bicyclic) bond motifs is 1. The third kappa shape index (κ3) is 6.51. The van der Waals surface area contributed by atoms with Crippen LogP contribution in [0.1, 0.15) is 51.8 Å². The highest BCUT2D eigenvalue weighted by atomic mass is 32.1. The molecule has 1 unspecified atom stereocenters. The molecule has 1 atom stereocenters. The van der Waals surface area contributed by atoms with Gasteiger partial charge in [0.2, 0.25) is 5.91 Å². The van der Waals surface area contributed by atoms with E-state index in [0.29, 0.717) is 30.0 Å². The highest BCUT2D eigenvalue weighted by Gasteiger charge is 2.27. The Labute approximate surface area is 242 Å². The van der Waals surface area contributed by atoms with Crippen LogP contribution in [0.5, 0.6) is 0 Å². The molecule has 3 aromatic heterocycles. The van der Waals surface area contributed by atoms with Gasteiger partial charge in [0.25, 0.3) is 5.91 Å². The maximum Gasteiger partial charge on any atom is 0.258 e. The number of nitriles is 1. The Kier molecular flexibility index (Phi) is 8.51. The first kappa shape index (κ1) is 27.7. The number of pyridine rings is 1. The van der Waals surface area contributed by atoms with Crippen LogP contribution in [0.4, 0.5) is 5.69 Å². The highest BCUT2D eigenvalue weighted by Crippen LogP contribution is 2.31. The molecule has 41 heavy (non-hydrogen) atoms. The van der Waals surface area contributed by atoms with Crippen LogP contribution < -0.4 is 10.6 Å². The Morgan fingerprint density at radius 2 is 1.90 bits per heavy atom. The minimum Gasteiger partial charge on any atom is -0.365 e. The molecule has 2 aromatic carbocycles. The number of rotatable bonds is 11. The van der Waals surface area contributed by atoms with Crippen LogP contribution in [0.25, 0.3) is 10.1 Å². The van der Waals surface area contributed by atoms with Crippen molar-refractivity contribution < 1.29 is 9.59 Å². The van der Waals surface area contributed by atoms with Crippen molar-refractivity contribution in [2.75, 3.05) is 4.90 Å². The molecule has 0 saturated heterocycles. The first-order chi connectivity index (χ1) is 19.9. The van der Waals surface area contributed by atoms with Gasteiger partial charge in [0.1, 0.15) is 0 Å². The zero-order valence-electron chi connectivity index (χ0n) is 22.7. The molecule has 9 heteroatoms. The number of carbonyl (C=O) groups excluding carboxylic acids is 2. The molecule has 3 heterocycles. The lowest BCUT2D eigenvalue weighted by Gasteiger charge is -2.28. The Balaban J connectivity index is 1.45. The van der Waals surface area contributed by atoms with Crippen LogP contribution in [0.15, 0.2) is 85.6 Å². The summed E-state index contributed by atoms with van der Waals surface area (Å²) in [6.07, 6.45) is 9.22. The fraction of sp³-hybridized carbons (Fsp3) is 0.219. The maximum absolute atomic E-state index is 14.3. The van der Waals surface area contributed by atoms with Crippen molar-refractivity contribution in [2.24, 2.45) is 11.7 Å². The summed E-state index contributed by atoms with van der Waals surface area (Å²) >= 11 is 1.35. The SMILES string of the molecule is CCCC(Cc1cncn1Cc1ccc(C#N)cc1)C(=O)N(Cc1cccnc1)c1ccc2sc(C(N)=O)cc2c1. The number of hydrogen-bond donors (Lipinski definition) is 1. The monoisotopic (exact) mass is 562 g/mol. The van der Waals surface area contributed by atoms with E-state index >= 15 is 0 Å². The third-order valence-corrected chi connectivity index (χ3v) is 8.19. The molecule has 206 valence electrons. The first-order valence-corrected chi connectivity index (χ1v) is 14.3. The van der Waals surface area contributed by atoms with Crippen LogP contribution in [0, 0.1) is 17.2 Å². The first-order valence-electron chi connectivity index (χ1n) is 13.5. The van der Waals surface area contributed by atoms with E-state index in [-0.39, 0.29) is 11.8 Å². The topological polar surface area (TPSA) is 118 Å². The van der Waals surface area contributed by atoms with E-state index in [1.54, 1.807) is 24.8 Å². The Bertz CT molecular complexity index is 1700. The standard InChI is InChI=1S/C32H30N6O2S/c1-2-4-25(13-28-18-36-21-37(28)19-23-8-6-22(16-33)7-9-23)32(40)38(20-24-5-3-12-35-17-24)27-10-11-29-26(14-27)15-30(41-29)31(34)39/h3,5-12,14-15,17-18,21,25H,2,4,13,19-20H2,1H3,(H2,34,39). The Morgan fingerprint density at radius 3 is 2.61 bits per heavy atom. The molecule has 0 saturated carbocycles. The van der Waals surface area contributed by atoms with Gasteiger partial charge in [-0.3, -0.25) is 14.6 Å². The van der Waals surface area contributed by atoms with Gasteiger partial charge in [-0.2, -0.15) is 5.26 Å². The van der Waals surface area contributed by atoms with Gasteiger partial charge in [-0.05, 0) is 65.4 Å². The molecule has 0 aliphatic rings. The summed E-state index contributed by atoms with van der Waals surface area (Å²) < 4.78 is 3.00. The quantitative estimate of drug-likeness (QED) is 0.221. The molecule has 8 nitrogen and oxygen atoms in total. The van der Waals surface area contributed by atoms with Gasteiger partial charge in [-0.25, -0.2) is 4.98 Å². The van der Waals surface area contributed by atoms with Crippen LogP contribution in [0.3, 0.4) is 0 Å². The smallest absolute Gasteiger partial charge is 0.258 e. The molecule has 5 aromatic rings. The summed E-state index contributed by atoms with van der Waals surface area (Å²) in [7, 11) is 0. The van der Waals surface area contributed by atoms with E-state index < -0.39 is 5.91 Å². The van der Waals surface area contributed by atoms with Gasteiger partial charge < -0.3 is 15.2 Å². The van der Waals surface area contributed by atoms with E-state index in [9.17, 15) is 9.59 Å². The fourth-order valence-electron chi connectivity index (χ4n) is 4.97. The lowest BCUT2D eigenvalue weighted by Crippen LogP contribution is -2.37. The van der Waals surface area contributed by atoms with Gasteiger partial charge in [0, 0.05) is 53.6 Å². The predicted octanol–water partition coefficient (Wildman–Crippen LogP) is 5.70. The van der Waals surface area contributed by atoms with E-state index in [1.807, 2.05) is 65.7 Å². The number of thiophene rings is 1. The highest BCUT2D eigenvalue weighted by molar-refractivity contribution is 7.20. The van der Waals surface area contributed by atoms with Crippen molar-refractivity contribution in [1.82, 2.24) is 14.5 Å². The average Bonchev–Trinajstić information content (AvgIpc) is 3.63. The van der Waals surface area contributed by atoms with Crippen molar-refractivity contribution in [3.63, 3.8) is 0 Å². The molecule has 2 amide bonds. The third-order valence-electron chi connectivity index (χ3n) is 7.06. The van der Waals surface area contributed by atoms with E-state index in [2.05, 4.69) is 27.5 Å². The summed E-state index contributed by atoms with van der Waals surface area (Å²) in [5.41, 5.74) is 9.84. The minimum atomic E-state index is -0.461. The lowest BCUT2D eigenvalue weighted by molar-refractivity contribution is -0.122. The van der Waals surface area contributed by atoms with Crippen LogP contribution in [-0.2, 0) is 24.3 Å². The van der Waals surface area contributed by atoms with E-state index in [4.69, 9.17) is 11.0 Å². The van der Waals surface area contributed by atoms with E-state index in [1.165, 1.54) is 11.3 Å². The number of hydrogen-bond acceptors (Lipinski definition) is 6. The number of nitrogens with zero attached hydrogens (tertiary/aromatic N) is 5. The van der Waals surface area contributed by atoms with Crippen molar-refractivity contribution in [3.05, 3.63) is 113 Å². The molecular weight excluding hydrogens is 532 g/mol. The molecule has 5 rings (SSSR count). The van der Waals surface area contributed by atoms with Gasteiger partial charge in [0.15, 0.2) is 0 Å². The minimum absolute atomic E-state index is 0.0199. The molecular formula is C32H30N6O2S. The Morgan fingerprint density at radius 1 is 1.07 bits per heavy atom. The van der Waals surface area contributed by atoms with Crippen molar-refractivity contribution in [3.8, 4) is 6.07 Å². The zero-order chi connectivity index (χ0) is 28.8. The van der Waals surface area contributed by atoms with Crippen molar-refractivity contribution in [2.45, 2.75) is 39.3 Å². The maximum atomic E-state index is 14.3. The number of carbonyl (C=O) groups is 2. The van der Waals surface area contributed by atoms with Crippen LogP contribution in [-0.4, -0.2) is 26.3 Å². The summed E-state index contributed by atoms with van der Waals surface area (Å²) in [5, 5.41) is 9.98. The fourth-order valence-corrected chi connectivity index (χ4v) is 5.86. The number of aromatic nitrogens is 3. The summed E-state index contributed by atoms with van der Waals surface area (Å²) in [6.45, 7) is 3.06. The van der Waals surface area contributed by atoms with Gasteiger partial charge in [-0.1, -0.05) is 31.5 Å². The molecule has 2 N–H and O–H groups in total. The molecule has 0 aliphatic heterocycles. The van der Waals surface area contributed by atoms with Gasteiger partial charge >= 0.3 is 0 Å². The average molecular weight is 563 g/mol. The number of nitrogens with two attached hydrogens (primary N) is 1. The lowest BCUT2D eigenvalue weighted by atomic mass is 9.95. The van der Waals surface area contributed by atoms with Gasteiger partial charge in [-0.15, -0.1) is 11.3 Å².